The maximum absolute atomic E-state index is 5.42. The maximum atomic E-state index is 5.42. The second-order valence-electron chi connectivity index (χ2n) is 3.85. The summed E-state index contributed by atoms with van der Waals surface area (Å²) in [5, 5.41) is 0. The van der Waals surface area contributed by atoms with Crippen LogP contribution in [0.1, 0.15) is 5.56 Å². The van der Waals surface area contributed by atoms with Gasteiger partial charge in [0.05, 0.1) is 19.8 Å². The zero-order chi connectivity index (χ0) is 12.3. The van der Waals surface area contributed by atoms with Gasteiger partial charge in [0.2, 0.25) is 0 Å². The molecule has 0 radical (unpaired) electrons. The molecule has 0 N–H and O–H groups in total. The molecule has 0 fully saturated rings. The smallest absolute Gasteiger partial charge is 0.130 e. The second-order valence-corrected chi connectivity index (χ2v) is 3.85. The summed E-state index contributed by atoms with van der Waals surface area (Å²) < 4.78 is 10.8. The lowest BCUT2D eigenvalue weighted by Gasteiger charge is -2.14. The van der Waals surface area contributed by atoms with Crippen LogP contribution in [0.2, 0.25) is 0 Å². The number of ether oxygens (including phenoxy) is 2. The lowest BCUT2D eigenvalue weighted by molar-refractivity contribution is 0.397. The number of hydrogen-bond donors (Lipinski definition) is 0. The van der Waals surface area contributed by atoms with Crippen LogP contribution in [-0.4, -0.2) is 14.2 Å². The Bertz CT molecular complexity index is 496. The van der Waals surface area contributed by atoms with Crippen LogP contribution < -0.4 is 9.47 Å². The normalized spacial score (nSPS) is 10.1. The van der Waals surface area contributed by atoms with Crippen molar-refractivity contribution in [2.24, 2.45) is 0 Å². The summed E-state index contributed by atoms with van der Waals surface area (Å²) >= 11 is 0. The van der Waals surface area contributed by atoms with Gasteiger partial charge in [-0.15, -0.1) is 0 Å². The fourth-order valence-electron chi connectivity index (χ4n) is 1.97. The molecular formula is C15H16O2. The van der Waals surface area contributed by atoms with Crippen molar-refractivity contribution in [1.29, 1.82) is 0 Å². The van der Waals surface area contributed by atoms with E-state index in [1.165, 1.54) is 5.56 Å². The summed E-state index contributed by atoms with van der Waals surface area (Å²) in [5.41, 5.74) is 3.35. The molecule has 2 aromatic carbocycles. The molecule has 0 aliphatic rings. The molecule has 0 saturated carbocycles. The molecule has 2 rings (SSSR count). The van der Waals surface area contributed by atoms with Gasteiger partial charge in [0, 0.05) is 0 Å². The minimum Gasteiger partial charge on any atom is -0.496 e. The molecule has 0 aliphatic heterocycles. The first-order chi connectivity index (χ1) is 8.27. The van der Waals surface area contributed by atoms with E-state index in [1.54, 1.807) is 14.2 Å². The Kier molecular flexibility index (Phi) is 3.33. The molecule has 0 aliphatic carbocycles. The SMILES string of the molecule is COc1cccc(OC)c1-c1ccccc1C. The first-order valence-electron chi connectivity index (χ1n) is 5.55. The minimum atomic E-state index is 0.832. The Labute approximate surface area is 102 Å². The van der Waals surface area contributed by atoms with Gasteiger partial charge in [-0.25, -0.2) is 0 Å². The highest BCUT2D eigenvalue weighted by atomic mass is 16.5. The standard InChI is InChI=1S/C15H16O2/c1-11-7-4-5-8-12(11)15-13(16-2)9-6-10-14(15)17-3/h4-10H,1-3H3. The third-order valence-electron chi connectivity index (χ3n) is 2.84. The molecule has 0 amide bonds. The van der Waals surface area contributed by atoms with Gasteiger partial charge in [0.15, 0.2) is 0 Å². The van der Waals surface area contributed by atoms with Gasteiger partial charge < -0.3 is 9.47 Å². The van der Waals surface area contributed by atoms with Crippen LogP contribution in [0, 0.1) is 6.92 Å². The highest BCUT2D eigenvalue weighted by Crippen LogP contribution is 2.39. The molecule has 0 heterocycles. The molecule has 0 unspecified atom stereocenters. The van der Waals surface area contributed by atoms with Gasteiger partial charge in [-0.3, -0.25) is 0 Å². The van der Waals surface area contributed by atoms with Crippen molar-refractivity contribution in [3.8, 4) is 22.6 Å². The average Bonchev–Trinajstić information content (AvgIpc) is 2.38. The Morgan fingerprint density at radius 2 is 1.35 bits per heavy atom. The third kappa shape index (κ3) is 2.11. The molecular weight excluding hydrogens is 212 g/mol. The number of rotatable bonds is 3. The third-order valence-corrected chi connectivity index (χ3v) is 2.84. The number of aryl methyl sites for hydroxylation is 1. The van der Waals surface area contributed by atoms with Crippen molar-refractivity contribution < 1.29 is 9.47 Å². The number of methoxy groups -OCH3 is 2. The summed E-state index contributed by atoms with van der Waals surface area (Å²) in [5.74, 6) is 1.66. The summed E-state index contributed by atoms with van der Waals surface area (Å²) in [6.45, 7) is 2.08. The molecule has 0 aromatic heterocycles. The van der Waals surface area contributed by atoms with Crippen LogP contribution in [0.3, 0.4) is 0 Å². The second kappa shape index (κ2) is 4.91. The molecule has 88 valence electrons. The number of benzene rings is 2. The van der Waals surface area contributed by atoms with E-state index < -0.39 is 0 Å². The molecule has 0 spiro atoms. The highest BCUT2D eigenvalue weighted by Gasteiger charge is 2.13. The number of hydrogen-bond acceptors (Lipinski definition) is 2. The molecule has 0 atom stereocenters. The van der Waals surface area contributed by atoms with Crippen molar-refractivity contribution >= 4 is 0 Å². The maximum Gasteiger partial charge on any atom is 0.130 e. The summed E-state index contributed by atoms with van der Waals surface area (Å²) in [7, 11) is 3.35. The highest BCUT2D eigenvalue weighted by molar-refractivity contribution is 5.79. The van der Waals surface area contributed by atoms with E-state index in [2.05, 4.69) is 19.1 Å². The fourth-order valence-corrected chi connectivity index (χ4v) is 1.97. The fraction of sp³-hybridized carbons (Fsp3) is 0.200. The zero-order valence-corrected chi connectivity index (χ0v) is 10.4. The van der Waals surface area contributed by atoms with Crippen molar-refractivity contribution in [2.45, 2.75) is 6.92 Å². The van der Waals surface area contributed by atoms with Gasteiger partial charge in [-0.05, 0) is 30.2 Å². The van der Waals surface area contributed by atoms with E-state index in [0.29, 0.717) is 0 Å². The van der Waals surface area contributed by atoms with Crippen molar-refractivity contribution in [1.82, 2.24) is 0 Å². The molecule has 0 bridgehead atoms. The van der Waals surface area contributed by atoms with Crippen LogP contribution in [0.25, 0.3) is 11.1 Å². The Morgan fingerprint density at radius 1 is 0.765 bits per heavy atom. The Morgan fingerprint density at radius 3 is 1.88 bits per heavy atom. The van der Waals surface area contributed by atoms with Crippen LogP contribution in [0.5, 0.6) is 11.5 Å². The van der Waals surface area contributed by atoms with E-state index in [0.717, 1.165) is 22.6 Å². The van der Waals surface area contributed by atoms with Crippen molar-refractivity contribution in [2.75, 3.05) is 14.2 Å². The summed E-state index contributed by atoms with van der Waals surface area (Å²) in [6.07, 6.45) is 0. The quantitative estimate of drug-likeness (QED) is 0.797. The van der Waals surface area contributed by atoms with E-state index >= 15 is 0 Å². The summed E-state index contributed by atoms with van der Waals surface area (Å²) in [6, 6.07) is 14.0. The van der Waals surface area contributed by atoms with E-state index in [4.69, 9.17) is 9.47 Å². The molecule has 2 nitrogen and oxygen atoms in total. The largest absolute Gasteiger partial charge is 0.496 e. The minimum absolute atomic E-state index is 0.832. The molecule has 17 heavy (non-hydrogen) atoms. The van der Waals surface area contributed by atoms with Gasteiger partial charge >= 0.3 is 0 Å². The lowest BCUT2D eigenvalue weighted by atomic mass is 9.99. The molecule has 2 heteroatoms. The first-order valence-corrected chi connectivity index (χ1v) is 5.55. The predicted octanol–water partition coefficient (Wildman–Crippen LogP) is 3.68. The Hall–Kier alpha value is -1.96. The first kappa shape index (κ1) is 11.5. The lowest BCUT2D eigenvalue weighted by Crippen LogP contribution is -1.94. The Balaban J connectivity index is 2.69. The zero-order valence-electron chi connectivity index (χ0n) is 10.4. The van der Waals surface area contributed by atoms with E-state index in [1.807, 2.05) is 30.3 Å². The predicted molar refractivity (Wildman–Crippen MR) is 69.7 cm³/mol. The van der Waals surface area contributed by atoms with Crippen LogP contribution in [-0.2, 0) is 0 Å². The van der Waals surface area contributed by atoms with Crippen molar-refractivity contribution in [3.05, 3.63) is 48.0 Å². The van der Waals surface area contributed by atoms with Crippen LogP contribution in [0.15, 0.2) is 42.5 Å². The summed E-state index contributed by atoms with van der Waals surface area (Å²) in [4.78, 5) is 0. The van der Waals surface area contributed by atoms with E-state index in [9.17, 15) is 0 Å². The monoisotopic (exact) mass is 228 g/mol. The van der Waals surface area contributed by atoms with Gasteiger partial charge in [-0.2, -0.15) is 0 Å². The molecule has 0 saturated heterocycles. The van der Waals surface area contributed by atoms with Crippen LogP contribution in [0.4, 0.5) is 0 Å². The van der Waals surface area contributed by atoms with Gasteiger partial charge in [0.1, 0.15) is 11.5 Å². The van der Waals surface area contributed by atoms with E-state index in [-0.39, 0.29) is 0 Å². The topological polar surface area (TPSA) is 18.5 Å². The van der Waals surface area contributed by atoms with Gasteiger partial charge in [-0.1, -0.05) is 30.3 Å². The molecule has 2 aromatic rings. The van der Waals surface area contributed by atoms with Gasteiger partial charge in [0.25, 0.3) is 0 Å². The van der Waals surface area contributed by atoms with Crippen LogP contribution >= 0.6 is 0 Å². The average molecular weight is 228 g/mol. The van der Waals surface area contributed by atoms with Crippen molar-refractivity contribution in [3.63, 3.8) is 0 Å².